The van der Waals surface area contributed by atoms with Crippen molar-refractivity contribution in [3.63, 3.8) is 0 Å². The number of hydrogen-bond donors (Lipinski definition) is 2. The Labute approximate surface area is 142 Å². The molecule has 2 N–H and O–H groups in total. The third-order valence-corrected chi connectivity index (χ3v) is 4.21. The Morgan fingerprint density at radius 1 is 1.20 bits per heavy atom. The van der Waals surface area contributed by atoms with Crippen LogP contribution >= 0.6 is 0 Å². The van der Waals surface area contributed by atoms with Gasteiger partial charge in [-0.1, -0.05) is 18.2 Å². The van der Waals surface area contributed by atoms with E-state index in [2.05, 4.69) is 20.5 Å². The summed E-state index contributed by atoms with van der Waals surface area (Å²) in [6.45, 7) is 0. The number of benzene rings is 1. The maximum absolute atomic E-state index is 13.1. The number of halogens is 2. The molecule has 0 bridgehead atoms. The summed E-state index contributed by atoms with van der Waals surface area (Å²) in [6.07, 6.45) is 3.02. The standard InChI is InChI=1S/C18H14F2N4O/c19-18(20)9-13(18)11-4-6-12(7-5-11)17(25)23-15-10-22-24-16(15)14-3-1-2-8-21-14/h1-8,10,13H,9H2,(H,22,24)(H,23,25). The van der Waals surface area contributed by atoms with E-state index in [1.54, 1.807) is 42.6 Å². The summed E-state index contributed by atoms with van der Waals surface area (Å²) in [4.78, 5) is 16.6. The number of carbonyl (C=O) groups is 1. The maximum Gasteiger partial charge on any atom is 0.255 e. The number of anilines is 1. The zero-order valence-electron chi connectivity index (χ0n) is 13.0. The van der Waals surface area contributed by atoms with Gasteiger partial charge in [0.2, 0.25) is 0 Å². The van der Waals surface area contributed by atoms with Gasteiger partial charge in [-0.05, 0) is 29.8 Å². The fraction of sp³-hybridized carbons (Fsp3) is 0.167. The molecule has 1 atom stereocenters. The highest BCUT2D eigenvalue weighted by Crippen LogP contribution is 2.55. The molecule has 2 aromatic heterocycles. The van der Waals surface area contributed by atoms with Crippen LogP contribution in [0.15, 0.2) is 54.9 Å². The van der Waals surface area contributed by atoms with Crippen molar-refractivity contribution in [2.75, 3.05) is 5.32 Å². The van der Waals surface area contributed by atoms with Crippen LogP contribution in [0.1, 0.15) is 28.3 Å². The van der Waals surface area contributed by atoms with Crippen LogP contribution in [0.25, 0.3) is 11.4 Å². The van der Waals surface area contributed by atoms with Gasteiger partial charge < -0.3 is 5.32 Å². The zero-order chi connectivity index (χ0) is 17.4. The predicted molar refractivity (Wildman–Crippen MR) is 88.5 cm³/mol. The van der Waals surface area contributed by atoms with E-state index in [0.29, 0.717) is 28.2 Å². The van der Waals surface area contributed by atoms with Gasteiger partial charge in [-0.2, -0.15) is 5.10 Å². The van der Waals surface area contributed by atoms with E-state index in [1.165, 1.54) is 6.20 Å². The van der Waals surface area contributed by atoms with Gasteiger partial charge in [0.05, 0.1) is 23.5 Å². The van der Waals surface area contributed by atoms with E-state index >= 15 is 0 Å². The predicted octanol–water partition coefficient (Wildman–Crippen LogP) is 3.85. The average molecular weight is 340 g/mol. The first kappa shape index (κ1) is 15.4. The number of pyridine rings is 1. The molecular weight excluding hydrogens is 326 g/mol. The normalized spacial score (nSPS) is 17.9. The first-order valence-electron chi connectivity index (χ1n) is 7.78. The van der Waals surface area contributed by atoms with Crippen molar-refractivity contribution >= 4 is 11.6 Å². The van der Waals surface area contributed by atoms with Crippen LogP contribution in [0.5, 0.6) is 0 Å². The van der Waals surface area contributed by atoms with Crippen molar-refractivity contribution in [1.82, 2.24) is 15.2 Å². The molecule has 1 aliphatic carbocycles. The largest absolute Gasteiger partial charge is 0.319 e. The van der Waals surface area contributed by atoms with Gasteiger partial charge >= 0.3 is 0 Å². The van der Waals surface area contributed by atoms with Crippen LogP contribution in [-0.4, -0.2) is 27.0 Å². The Balaban J connectivity index is 1.51. The number of alkyl halides is 2. The second-order valence-electron chi connectivity index (χ2n) is 5.97. The van der Waals surface area contributed by atoms with Crippen LogP contribution in [0.3, 0.4) is 0 Å². The summed E-state index contributed by atoms with van der Waals surface area (Å²) in [6, 6.07) is 11.7. The number of amides is 1. The summed E-state index contributed by atoms with van der Waals surface area (Å²) < 4.78 is 26.2. The third-order valence-electron chi connectivity index (χ3n) is 4.21. The number of carbonyl (C=O) groups excluding carboxylic acids is 1. The number of nitrogens with one attached hydrogen (secondary N) is 2. The Morgan fingerprint density at radius 2 is 1.96 bits per heavy atom. The number of aromatic nitrogens is 3. The lowest BCUT2D eigenvalue weighted by Crippen LogP contribution is -2.12. The van der Waals surface area contributed by atoms with Gasteiger partial charge in [0.15, 0.2) is 0 Å². The van der Waals surface area contributed by atoms with E-state index in [1.807, 2.05) is 6.07 Å². The molecular formula is C18H14F2N4O. The maximum atomic E-state index is 13.1. The minimum Gasteiger partial charge on any atom is -0.319 e. The van der Waals surface area contributed by atoms with Crippen molar-refractivity contribution in [1.29, 1.82) is 0 Å². The molecule has 0 saturated heterocycles. The number of rotatable bonds is 4. The minimum atomic E-state index is -2.61. The minimum absolute atomic E-state index is 0.124. The van der Waals surface area contributed by atoms with Crippen LogP contribution in [0.4, 0.5) is 14.5 Å². The molecule has 0 aliphatic heterocycles. The highest BCUT2D eigenvalue weighted by atomic mass is 19.3. The molecule has 1 saturated carbocycles. The molecule has 0 spiro atoms. The molecule has 0 radical (unpaired) electrons. The van der Waals surface area contributed by atoms with Crippen molar-refractivity contribution in [2.45, 2.75) is 18.3 Å². The van der Waals surface area contributed by atoms with Gasteiger partial charge in [0, 0.05) is 18.2 Å². The molecule has 2 heterocycles. The number of nitrogens with zero attached hydrogens (tertiary/aromatic N) is 2. The van der Waals surface area contributed by atoms with Crippen LogP contribution < -0.4 is 5.32 Å². The topological polar surface area (TPSA) is 70.7 Å². The summed E-state index contributed by atoms with van der Waals surface area (Å²) >= 11 is 0. The first-order chi connectivity index (χ1) is 12.0. The quantitative estimate of drug-likeness (QED) is 0.758. The van der Waals surface area contributed by atoms with E-state index in [4.69, 9.17) is 0 Å². The monoisotopic (exact) mass is 340 g/mol. The Bertz CT molecular complexity index is 906. The van der Waals surface area contributed by atoms with E-state index in [9.17, 15) is 13.6 Å². The van der Waals surface area contributed by atoms with Crippen molar-refractivity contribution in [2.24, 2.45) is 0 Å². The van der Waals surface area contributed by atoms with Crippen LogP contribution in [-0.2, 0) is 0 Å². The van der Waals surface area contributed by atoms with Crippen molar-refractivity contribution in [3.8, 4) is 11.4 Å². The number of hydrogen-bond acceptors (Lipinski definition) is 3. The molecule has 25 heavy (non-hydrogen) atoms. The molecule has 1 fully saturated rings. The van der Waals surface area contributed by atoms with Gasteiger partial charge in [-0.15, -0.1) is 0 Å². The fourth-order valence-electron chi connectivity index (χ4n) is 2.72. The summed E-state index contributed by atoms with van der Waals surface area (Å²) in [5.74, 6) is -3.68. The van der Waals surface area contributed by atoms with Gasteiger partial charge in [-0.3, -0.25) is 14.9 Å². The van der Waals surface area contributed by atoms with E-state index < -0.39 is 11.8 Å². The molecule has 1 aliphatic rings. The molecule has 3 aromatic rings. The molecule has 1 amide bonds. The molecule has 1 aromatic carbocycles. The van der Waals surface area contributed by atoms with Gasteiger partial charge in [0.1, 0.15) is 5.69 Å². The van der Waals surface area contributed by atoms with Crippen LogP contribution in [0, 0.1) is 0 Å². The summed E-state index contributed by atoms with van der Waals surface area (Å²) in [5.41, 5.74) is 2.70. The summed E-state index contributed by atoms with van der Waals surface area (Å²) in [7, 11) is 0. The lowest BCUT2D eigenvalue weighted by molar-refractivity contribution is 0.102. The molecule has 7 heteroatoms. The molecule has 4 rings (SSSR count). The van der Waals surface area contributed by atoms with Crippen molar-refractivity contribution in [3.05, 3.63) is 66.0 Å². The zero-order valence-corrected chi connectivity index (χ0v) is 13.0. The average Bonchev–Trinajstić information content (AvgIpc) is 3.04. The molecule has 1 unspecified atom stereocenters. The summed E-state index contributed by atoms with van der Waals surface area (Å²) in [5, 5.41) is 9.52. The fourth-order valence-corrected chi connectivity index (χ4v) is 2.72. The molecule has 126 valence electrons. The highest BCUT2D eigenvalue weighted by Gasteiger charge is 2.57. The second kappa shape index (κ2) is 5.77. The van der Waals surface area contributed by atoms with Crippen molar-refractivity contribution < 1.29 is 13.6 Å². The van der Waals surface area contributed by atoms with Crippen LogP contribution in [0.2, 0.25) is 0 Å². The first-order valence-corrected chi connectivity index (χ1v) is 7.78. The molecule has 5 nitrogen and oxygen atoms in total. The smallest absolute Gasteiger partial charge is 0.255 e. The number of aromatic amines is 1. The Hall–Kier alpha value is -3.09. The van der Waals surface area contributed by atoms with Gasteiger partial charge in [0.25, 0.3) is 11.8 Å². The van der Waals surface area contributed by atoms with E-state index in [0.717, 1.165) is 0 Å². The lowest BCUT2D eigenvalue weighted by atomic mass is 10.1. The Morgan fingerprint density at radius 3 is 2.60 bits per heavy atom. The highest BCUT2D eigenvalue weighted by molar-refractivity contribution is 6.05. The third kappa shape index (κ3) is 3.00. The lowest BCUT2D eigenvalue weighted by Gasteiger charge is -2.06. The Kier molecular flexibility index (Phi) is 3.56. The second-order valence-corrected chi connectivity index (χ2v) is 5.97. The van der Waals surface area contributed by atoms with Gasteiger partial charge in [-0.25, -0.2) is 8.78 Å². The SMILES string of the molecule is O=C(Nc1cn[nH]c1-c1ccccn1)c1ccc(C2CC2(F)F)cc1. The van der Waals surface area contributed by atoms with E-state index in [-0.39, 0.29) is 12.3 Å². The number of H-pyrrole nitrogens is 1.